The van der Waals surface area contributed by atoms with Gasteiger partial charge in [-0.3, -0.25) is 14.7 Å². The first-order valence-electron chi connectivity index (χ1n) is 4.59. The molecule has 76 valence electrons. The van der Waals surface area contributed by atoms with Gasteiger partial charge >= 0.3 is 0 Å². The van der Waals surface area contributed by atoms with Crippen LogP contribution in [0.2, 0.25) is 5.02 Å². The molecule has 0 atom stereocenters. The predicted octanol–water partition coefficient (Wildman–Crippen LogP) is 2.26. The quantitative estimate of drug-likeness (QED) is 0.695. The summed E-state index contributed by atoms with van der Waals surface area (Å²) in [7, 11) is 0. The van der Waals surface area contributed by atoms with Crippen LogP contribution in [-0.2, 0) is 0 Å². The van der Waals surface area contributed by atoms with Crippen molar-refractivity contribution in [1.29, 1.82) is 0 Å². The molecule has 0 bridgehead atoms. The van der Waals surface area contributed by atoms with Gasteiger partial charge in [0.2, 0.25) is 0 Å². The number of hydrogen-bond acceptors (Lipinski definition) is 3. The highest BCUT2D eigenvalue weighted by Crippen LogP contribution is 2.35. The molecule has 0 radical (unpaired) electrons. The molecule has 0 saturated carbocycles. The minimum absolute atomic E-state index is 0.0162. The summed E-state index contributed by atoms with van der Waals surface area (Å²) in [6.07, 6.45) is 0. The number of amides is 1. The zero-order valence-corrected chi connectivity index (χ0v) is 9.31. The van der Waals surface area contributed by atoms with Gasteiger partial charge in [0.1, 0.15) is 0 Å². The average Bonchev–Trinajstić information content (AvgIpc) is 2.68. The fourth-order valence-corrected chi connectivity index (χ4v) is 2.91. The van der Waals surface area contributed by atoms with Gasteiger partial charge in [-0.15, -0.1) is 0 Å². The molecule has 1 aromatic rings. The number of fused-ring (bicyclic) bond motifs is 2. The van der Waals surface area contributed by atoms with Crippen molar-refractivity contribution in [3.63, 3.8) is 0 Å². The third-order valence-electron chi connectivity index (χ3n) is 2.42. The van der Waals surface area contributed by atoms with Crippen molar-refractivity contribution in [2.45, 2.75) is 4.90 Å². The molecule has 0 aromatic heterocycles. The number of benzene rings is 1. The number of carbonyl (C=O) groups is 1. The lowest BCUT2D eigenvalue weighted by Crippen LogP contribution is -2.35. The van der Waals surface area contributed by atoms with E-state index in [1.807, 2.05) is 6.07 Å². The lowest BCUT2D eigenvalue weighted by atomic mass is 10.2. The van der Waals surface area contributed by atoms with Crippen molar-refractivity contribution in [2.75, 3.05) is 13.1 Å². The zero-order chi connectivity index (χ0) is 10.4. The van der Waals surface area contributed by atoms with Crippen molar-refractivity contribution in [3.05, 3.63) is 28.8 Å². The summed E-state index contributed by atoms with van der Waals surface area (Å²) in [6, 6.07) is 5.39. The van der Waals surface area contributed by atoms with Crippen LogP contribution >= 0.6 is 23.4 Å². The number of carbonyl (C=O) groups excluding carboxylic acids is 1. The fraction of sp³-hybridized carbons (Fsp3) is 0.200. The number of hydrogen-bond donors (Lipinski definition) is 0. The van der Waals surface area contributed by atoms with Crippen LogP contribution < -0.4 is 0 Å². The van der Waals surface area contributed by atoms with Crippen LogP contribution in [0.1, 0.15) is 10.4 Å². The Morgan fingerprint density at radius 1 is 1.47 bits per heavy atom. The minimum Gasteiger partial charge on any atom is -0.285 e. The molecule has 15 heavy (non-hydrogen) atoms. The minimum atomic E-state index is 0.0162. The Morgan fingerprint density at radius 2 is 2.33 bits per heavy atom. The van der Waals surface area contributed by atoms with Crippen LogP contribution in [0.15, 0.2) is 28.1 Å². The maximum atomic E-state index is 12.0. The first kappa shape index (κ1) is 9.24. The van der Waals surface area contributed by atoms with E-state index in [0.717, 1.165) is 10.1 Å². The van der Waals surface area contributed by atoms with E-state index in [0.29, 0.717) is 23.7 Å². The molecule has 0 unspecified atom stereocenters. The standard InChI is InChI=1S/C10H7ClN2OS/c11-6-1-2-8-7(5-6)9(14)13-4-3-12-10(13)15-8/h1-2,5H,3-4H2. The number of nitrogens with zero attached hydrogens (tertiary/aromatic N) is 2. The Balaban J connectivity index is 2.15. The lowest BCUT2D eigenvalue weighted by molar-refractivity contribution is 0.0855. The monoisotopic (exact) mass is 238 g/mol. The van der Waals surface area contributed by atoms with Crippen LogP contribution in [0.4, 0.5) is 0 Å². The molecule has 3 rings (SSSR count). The van der Waals surface area contributed by atoms with Gasteiger partial charge in [-0.2, -0.15) is 0 Å². The maximum absolute atomic E-state index is 12.0. The maximum Gasteiger partial charge on any atom is 0.261 e. The van der Waals surface area contributed by atoms with E-state index in [2.05, 4.69) is 4.99 Å². The van der Waals surface area contributed by atoms with E-state index in [1.165, 1.54) is 11.8 Å². The molecule has 2 aliphatic heterocycles. The molecule has 1 amide bonds. The van der Waals surface area contributed by atoms with E-state index in [9.17, 15) is 4.79 Å². The molecule has 0 N–H and O–H groups in total. The van der Waals surface area contributed by atoms with Crippen LogP contribution in [0.5, 0.6) is 0 Å². The summed E-state index contributed by atoms with van der Waals surface area (Å²) >= 11 is 7.41. The highest BCUT2D eigenvalue weighted by molar-refractivity contribution is 8.14. The van der Waals surface area contributed by atoms with Gasteiger partial charge in [0.05, 0.1) is 12.1 Å². The summed E-state index contributed by atoms with van der Waals surface area (Å²) in [6.45, 7) is 1.39. The Bertz CT molecular complexity index is 486. The Labute approximate surface area is 96.1 Å². The van der Waals surface area contributed by atoms with Gasteiger partial charge in [-0.25, -0.2) is 0 Å². The van der Waals surface area contributed by atoms with E-state index in [1.54, 1.807) is 17.0 Å². The highest BCUT2D eigenvalue weighted by atomic mass is 35.5. The third kappa shape index (κ3) is 1.36. The Kier molecular flexibility index (Phi) is 2.00. The SMILES string of the molecule is O=C1c2cc(Cl)ccc2SC2=NCCN12. The van der Waals surface area contributed by atoms with Crippen LogP contribution in [0.3, 0.4) is 0 Å². The van der Waals surface area contributed by atoms with E-state index < -0.39 is 0 Å². The number of rotatable bonds is 0. The summed E-state index contributed by atoms with van der Waals surface area (Å²) in [4.78, 5) is 19.0. The van der Waals surface area contributed by atoms with Crippen molar-refractivity contribution >= 4 is 34.4 Å². The molecule has 0 fully saturated rings. The number of halogens is 1. The number of amidine groups is 1. The van der Waals surface area contributed by atoms with Gasteiger partial charge < -0.3 is 0 Å². The normalized spacial score (nSPS) is 18.6. The smallest absolute Gasteiger partial charge is 0.261 e. The molecule has 3 nitrogen and oxygen atoms in total. The predicted molar refractivity (Wildman–Crippen MR) is 60.6 cm³/mol. The van der Waals surface area contributed by atoms with E-state index >= 15 is 0 Å². The van der Waals surface area contributed by atoms with Gasteiger partial charge in [-0.1, -0.05) is 23.4 Å². The van der Waals surface area contributed by atoms with Crippen LogP contribution in [-0.4, -0.2) is 29.1 Å². The van der Waals surface area contributed by atoms with Crippen molar-refractivity contribution in [1.82, 2.24) is 4.90 Å². The highest BCUT2D eigenvalue weighted by Gasteiger charge is 2.32. The van der Waals surface area contributed by atoms with E-state index in [4.69, 9.17) is 11.6 Å². The fourth-order valence-electron chi connectivity index (χ4n) is 1.70. The second-order valence-corrected chi connectivity index (χ2v) is 4.81. The number of aliphatic imine (C=N–C) groups is 1. The topological polar surface area (TPSA) is 32.7 Å². The summed E-state index contributed by atoms with van der Waals surface area (Å²) in [5, 5.41) is 1.41. The molecule has 0 saturated heterocycles. The summed E-state index contributed by atoms with van der Waals surface area (Å²) < 4.78 is 0. The van der Waals surface area contributed by atoms with Gasteiger partial charge in [0.25, 0.3) is 5.91 Å². The molecule has 2 aliphatic rings. The van der Waals surface area contributed by atoms with Crippen molar-refractivity contribution in [3.8, 4) is 0 Å². The molecule has 5 heteroatoms. The van der Waals surface area contributed by atoms with Gasteiger partial charge in [0.15, 0.2) is 5.17 Å². The average molecular weight is 239 g/mol. The van der Waals surface area contributed by atoms with Crippen molar-refractivity contribution in [2.24, 2.45) is 4.99 Å². The van der Waals surface area contributed by atoms with E-state index in [-0.39, 0.29) is 5.91 Å². The molecule has 2 heterocycles. The largest absolute Gasteiger partial charge is 0.285 e. The number of thioether (sulfide) groups is 1. The van der Waals surface area contributed by atoms with Gasteiger partial charge in [-0.05, 0) is 18.2 Å². The second-order valence-electron chi connectivity index (χ2n) is 3.36. The van der Waals surface area contributed by atoms with Crippen molar-refractivity contribution < 1.29 is 4.79 Å². The van der Waals surface area contributed by atoms with Crippen LogP contribution in [0, 0.1) is 0 Å². The van der Waals surface area contributed by atoms with Gasteiger partial charge in [0, 0.05) is 16.5 Å². The third-order valence-corrected chi connectivity index (χ3v) is 3.76. The Morgan fingerprint density at radius 3 is 3.20 bits per heavy atom. The molecular formula is C10H7ClN2OS. The molecule has 0 spiro atoms. The summed E-state index contributed by atoms with van der Waals surface area (Å²) in [5.41, 5.74) is 0.688. The zero-order valence-electron chi connectivity index (χ0n) is 7.74. The second kappa shape index (κ2) is 3.25. The Hall–Kier alpha value is -1.00. The lowest BCUT2D eigenvalue weighted by Gasteiger charge is -2.24. The molecule has 0 aliphatic carbocycles. The van der Waals surface area contributed by atoms with Crippen LogP contribution in [0.25, 0.3) is 0 Å². The first-order valence-corrected chi connectivity index (χ1v) is 5.79. The summed E-state index contributed by atoms with van der Waals surface area (Å²) in [5.74, 6) is 0.0162. The molecular weight excluding hydrogens is 232 g/mol. The molecule has 1 aromatic carbocycles. The first-order chi connectivity index (χ1) is 7.25.